The average molecular weight is 293 g/mol. The Balaban J connectivity index is 1.93. The van der Waals surface area contributed by atoms with Gasteiger partial charge < -0.3 is 4.74 Å². The van der Waals surface area contributed by atoms with Crippen LogP contribution in [0.3, 0.4) is 0 Å². The van der Waals surface area contributed by atoms with Crippen molar-refractivity contribution >= 4 is 6.09 Å². The van der Waals surface area contributed by atoms with Crippen molar-refractivity contribution in [1.82, 2.24) is 4.90 Å². The van der Waals surface area contributed by atoms with E-state index in [1.54, 1.807) is 4.90 Å². The largest absolute Gasteiger partial charge is 0.439 e. The van der Waals surface area contributed by atoms with E-state index in [0.29, 0.717) is 6.54 Å². The van der Waals surface area contributed by atoms with Gasteiger partial charge in [0, 0.05) is 6.54 Å². The number of nitrogens with zero attached hydrogens (tertiary/aromatic N) is 1. The molecular weight excluding hydrogens is 274 g/mol. The molecule has 0 aromatic heterocycles. The van der Waals surface area contributed by atoms with Gasteiger partial charge in [-0.05, 0) is 24.1 Å². The monoisotopic (exact) mass is 293 g/mol. The lowest BCUT2D eigenvalue weighted by Crippen LogP contribution is -2.28. The summed E-state index contributed by atoms with van der Waals surface area (Å²) in [6.07, 6.45) is 3.37. The summed E-state index contributed by atoms with van der Waals surface area (Å²) in [5, 5.41) is 0. The molecule has 0 unspecified atom stereocenters. The van der Waals surface area contributed by atoms with Gasteiger partial charge in [-0.2, -0.15) is 0 Å². The van der Waals surface area contributed by atoms with Crippen molar-refractivity contribution in [1.29, 1.82) is 0 Å². The number of allylic oxidation sites excluding steroid dienone is 1. The Morgan fingerprint density at radius 3 is 2.32 bits per heavy atom. The molecule has 3 nitrogen and oxygen atoms in total. The molecule has 2 aromatic carbocycles. The molecule has 0 radical (unpaired) electrons. The lowest BCUT2D eigenvalue weighted by molar-refractivity contribution is 0.144. The summed E-state index contributed by atoms with van der Waals surface area (Å²) >= 11 is 0. The number of carbonyl (C=O) groups excluding carboxylic acids is 1. The first-order chi connectivity index (χ1) is 10.8. The van der Waals surface area contributed by atoms with Gasteiger partial charge in [-0.25, -0.2) is 4.79 Å². The van der Waals surface area contributed by atoms with Crippen LogP contribution in [0.2, 0.25) is 0 Å². The van der Waals surface area contributed by atoms with Gasteiger partial charge in [-0.1, -0.05) is 66.7 Å². The Morgan fingerprint density at radius 2 is 1.68 bits per heavy atom. The van der Waals surface area contributed by atoms with E-state index < -0.39 is 0 Å². The molecule has 1 fully saturated rings. The minimum atomic E-state index is -0.263. The number of ether oxygens (including phenoxy) is 1. The molecule has 0 saturated carbocycles. The fourth-order valence-corrected chi connectivity index (χ4v) is 2.84. The lowest BCUT2D eigenvalue weighted by Gasteiger charge is -2.24. The SMILES string of the molecule is C/C=C\[C@@H]1OC(=O)N(Cc2ccccc2)[C@H]1c1ccccc1. The van der Waals surface area contributed by atoms with Crippen LogP contribution in [0.1, 0.15) is 24.1 Å². The molecule has 1 saturated heterocycles. The second-order valence-electron chi connectivity index (χ2n) is 5.34. The van der Waals surface area contributed by atoms with Crippen molar-refractivity contribution < 1.29 is 9.53 Å². The number of rotatable bonds is 4. The minimum absolute atomic E-state index is 0.0925. The molecule has 0 spiro atoms. The lowest BCUT2D eigenvalue weighted by atomic mass is 10.00. The number of cyclic esters (lactones) is 1. The summed E-state index contributed by atoms with van der Waals surface area (Å²) in [7, 11) is 0. The fourth-order valence-electron chi connectivity index (χ4n) is 2.84. The van der Waals surface area contributed by atoms with Gasteiger partial charge in [-0.15, -0.1) is 0 Å². The van der Waals surface area contributed by atoms with Gasteiger partial charge in [0.05, 0.1) is 0 Å². The van der Waals surface area contributed by atoms with Crippen LogP contribution in [0, 0.1) is 0 Å². The predicted molar refractivity (Wildman–Crippen MR) is 86.3 cm³/mol. The van der Waals surface area contributed by atoms with Crippen molar-refractivity contribution in [2.75, 3.05) is 0 Å². The van der Waals surface area contributed by atoms with E-state index in [-0.39, 0.29) is 18.2 Å². The van der Waals surface area contributed by atoms with Crippen LogP contribution in [0.4, 0.5) is 4.79 Å². The summed E-state index contributed by atoms with van der Waals surface area (Å²) in [5.41, 5.74) is 2.19. The van der Waals surface area contributed by atoms with Crippen molar-refractivity contribution in [2.45, 2.75) is 25.6 Å². The maximum atomic E-state index is 12.3. The molecule has 2 aromatic rings. The van der Waals surface area contributed by atoms with E-state index in [1.807, 2.05) is 79.7 Å². The molecule has 3 heteroatoms. The average Bonchev–Trinajstić information content (AvgIpc) is 2.85. The van der Waals surface area contributed by atoms with Crippen LogP contribution >= 0.6 is 0 Å². The van der Waals surface area contributed by atoms with Crippen molar-refractivity contribution in [3.63, 3.8) is 0 Å². The Bertz CT molecular complexity index is 652. The maximum absolute atomic E-state index is 12.3. The molecule has 0 N–H and O–H groups in total. The normalized spacial score (nSPS) is 21.3. The molecule has 22 heavy (non-hydrogen) atoms. The number of amides is 1. The standard InChI is InChI=1S/C19H19NO2/c1-2-9-17-18(16-12-7-4-8-13-16)20(19(21)22-17)14-15-10-5-3-6-11-15/h2-13,17-18H,14H2,1H3/b9-2-/t17-,18-/m0/s1. The molecule has 0 bridgehead atoms. The Morgan fingerprint density at radius 1 is 1.05 bits per heavy atom. The summed E-state index contributed by atoms with van der Waals surface area (Å²) in [6.45, 7) is 2.49. The molecular formula is C19H19NO2. The zero-order valence-electron chi connectivity index (χ0n) is 12.6. The first kappa shape index (κ1) is 14.4. The third-order valence-corrected chi connectivity index (χ3v) is 3.84. The Labute approximate surface area is 130 Å². The smallest absolute Gasteiger partial charge is 0.411 e. The molecule has 1 heterocycles. The van der Waals surface area contributed by atoms with Gasteiger partial charge in [0.1, 0.15) is 12.1 Å². The van der Waals surface area contributed by atoms with Gasteiger partial charge in [0.2, 0.25) is 0 Å². The molecule has 1 aliphatic rings. The van der Waals surface area contributed by atoms with Crippen LogP contribution in [0.25, 0.3) is 0 Å². The zero-order chi connectivity index (χ0) is 15.4. The van der Waals surface area contributed by atoms with Crippen LogP contribution in [0.15, 0.2) is 72.8 Å². The highest BCUT2D eigenvalue weighted by Gasteiger charge is 2.41. The maximum Gasteiger partial charge on any atom is 0.411 e. The first-order valence-electron chi connectivity index (χ1n) is 7.48. The number of benzene rings is 2. The third kappa shape index (κ3) is 2.89. The molecule has 1 aliphatic heterocycles. The predicted octanol–water partition coefficient (Wildman–Crippen LogP) is 4.32. The zero-order valence-corrected chi connectivity index (χ0v) is 12.6. The van der Waals surface area contributed by atoms with E-state index in [2.05, 4.69) is 0 Å². The van der Waals surface area contributed by atoms with Crippen LogP contribution in [0.5, 0.6) is 0 Å². The van der Waals surface area contributed by atoms with Gasteiger partial charge >= 0.3 is 6.09 Å². The van der Waals surface area contributed by atoms with E-state index in [4.69, 9.17) is 4.74 Å². The second kappa shape index (κ2) is 6.48. The quantitative estimate of drug-likeness (QED) is 0.785. The number of carbonyl (C=O) groups is 1. The molecule has 1 amide bonds. The third-order valence-electron chi connectivity index (χ3n) is 3.84. The minimum Gasteiger partial charge on any atom is -0.439 e. The van der Waals surface area contributed by atoms with Crippen molar-refractivity contribution in [2.24, 2.45) is 0 Å². The van der Waals surface area contributed by atoms with Crippen molar-refractivity contribution in [3.8, 4) is 0 Å². The summed E-state index contributed by atoms with van der Waals surface area (Å²) < 4.78 is 5.55. The highest BCUT2D eigenvalue weighted by molar-refractivity contribution is 5.71. The number of hydrogen-bond donors (Lipinski definition) is 0. The first-order valence-corrected chi connectivity index (χ1v) is 7.48. The number of hydrogen-bond acceptors (Lipinski definition) is 2. The van der Waals surface area contributed by atoms with E-state index >= 15 is 0 Å². The second-order valence-corrected chi connectivity index (χ2v) is 5.34. The molecule has 0 aliphatic carbocycles. The van der Waals surface area contributed by atoms with Gasteiger partial charge in [0.15, 0.2) is 0 Å². The van der Waals surface area contributed by atoms with E-state index in [0.717, 1.165) is 11.1 Å². The highest BCUT2D eigenvalue weighted by Crippen LogP contribution is 2.35. The highest BCUT2D eigenvalue weighted by atomic mass is 16.6. The fraction of sp³-hybridized carbons (Fsp3) is 0.211. The van der Waals surface area contributed by atoms with E-state index in [1.165, 1.54) is 0 Å². The van der Waals surface area contributed by atoms with E-state index in [9.17, 15) is 4.79 Å². The van der Waals surface area contributed by atoms with Crippen LogP contribution in [-0.2, 0) is 11.3 Å². The summed E-state index contributed by atoms with van der Waals surface area (Å²) in [5.74, 6) is 0. The van der Waals surface area contributed by atoms with Crippen LogP contribution < -0.4 is 0 Å². The molecule has 112 valence electrons. The van der Waals surface area contributed by atoms with Crippen molar-refractivity contribution in [3.05, 3.63) is 83.9 Å². The van der Waals surface area contributed by atoms with Crippen LogP contribution in [-0.4, -0.2) is 17.1 Å². The molecule has 3 rings (SSSR count). The summed E-state index contributed by atoms with van der Waals surface area (Å²) in [4.78, 5) is 14.1. The Kier molecular flexibility index (Phi) is 4.24. The van der Waals surface area contributed by atoms with Gasteiger partial charge in [0.25, 0.3) is 0 Å². The topological polar surface area (TPSA) is 29.5 Å². The Hall–Kier alpha value is -2.55. The molecule has 2 atom stereocenters. The summed E-state index contributed by atoms with van der Waals surface area (Å²) in [6, 6.07) is 20.0. The van der Waals surface area contributed by atoms with Gasteiger partial charge in [-0.3, -0.25) is 4.90 Å².